The molecule has 0 saturated carbocycles. The van der Waals surface area contributed by atoms with Gasteiger partial charge in [-0.3, -0.25) is 4.57 Å². The fourth-order valence-corrected chi connectivity index (χ4v) is 2.95. The Bertz CT molecular complexity index is 873. The predicted molar refractivity (Wildman–Crippen MR) is 93.8 cm³/mol. The molecule has 0 amide bonds. The maximum Gasteiger partial charge on any atom is 0.225 e. The van der Waals surface area contributed by atoms with E-state index in [2.05, 4.69) is 31.7 Å². The Balaban J connectivity index is 1.86. The number of aromatic nitrogens is 6. The van der Waals surface area contributed by atoms with Crippen LogP contribution in [0.5, 0.6) is 0 Å². The molecule has 0 aliphatic rings. The number of hydrogen-bond acceptors (Lipinski definition) is 8. The lowest BCUT2D eigenvalue weighted by Crippen LogP contribution is -2.06. The molecule has 0 unspecified atom stereocenters. The molecule has 8 nitrogen and oxygen atoms in total. The summed E-state index contributed by atoms with van der Waals surface area (Å²) >= 11 is 1.38. The van der Waals surface area contributed by atoms with Crippen LogP contribution in [0, 0.1) is 5.82 Å². The molecule has 25 heavy (non-hydrogen) atoms. The van der Waals surface area contributed by atoms with Crippen LogP contribution in [-0.2, 0) is 12.3 Å². The zero-order valence-electron chi connectivity index (χ0n) is 13.1. The molecule has 0 radical (unpaired) electrons. The molecule has 4 N–H and O–H groups in total. The lowest BCUT2D eigenvalue weighted by atomic mass is 10.2. The van der Waals surface area contributed by atoms with Crippen LogP contribution in [0.2, 0.25) is 0 Å². The third kappa shape index (κ3) is 3.91. The number of rotatable bonds is 6. The largest absolute Gasteiger partial charge is 0.368 e. The fourth-order valence-electron chi connectivity index (χ4n) is 2.15. The van der Waals surface area contributed by atoms with E-state index < -0.39 is 0 Å². The zero-order chi connectivity index (χ0) is 17.8. The summed E-state index contributed by atoms with van der Waals surface area (Å²) < 4.78 is 15.0. The molecule has 0 aliphatic heterocycles. The van der Waals surface area contributed by atoms with E-state index in [1.54, 1.807) is 18.2 Å². The number of nitrogens with zero attached hydrogens (tertiary/aromatic N) is 6. The molecule has 0 bridgehead atoms. The fraction of sp³-hybridized carbons (Fsp3) is 0.133. The van der Waals surface area contributed by atoms with Gasteiger partial charge in [0, 0.05) is 12.1 Å². The first kappa shape index (κ1) is 16.8. The Labute approximate surface area is 147 Å². The van der Waals surface area contributed by atoms with E-state index in [4.69, 9.17) is 11.5 Å². The minimum absolute atomic E-state index is 0.0719. The normalized spacial score (nSPS) is 10.8. The highest BCUT2D eigenvalue weighted by Gasteiger charge is 2.14. The highest BCUT2D eigenvalue weighted by Crippen LogP contribution is 2.26. The summed E-state index contributed by atoms with van der Waals surface area (Å²) in [7, 11) is 0. The number of hydrogen-bond donors (Lipinski definition) is 2. The second-order valence-corrected chi connectivity index (χ2v) is 5.91. The third-order valence-electron chi connectivity index (χ3n) is 3.18. The van der Waals surface area contributed by atoms with Gasteiger partial charge in [-0.25, -0.2) is 4.39 Å². The average Bonchev–Trinajstić information content (AvgIpc) is 2.96. The maximum atomic E-state index is 13.1. The first-order valence-electron chi connectivity index (χ1n) is 7.25. The Hall–Kier alpha value is -3.01. The quantitative estimate of drug-likeness (QED) is 0.506. The van der Waals surface area contributed by atoms with Gasteiger partial charge in [0.1, 0.15) is 11.6 Å². The van der Waals surface area contributed by atoms with E-state index >= 15 is 0 Å². The molecule has 3 aromatic rings. The Morgan fingerprint density at radius 2 is 1.76 bits per heavy atom. The van der Waals surface area contributed by atoms with Gasteiger partial charge >= 0.3 is 0 Å². The Morgan fingerprint density at radius 1 is 1.08 bits per heavy atom. The van der Waals surface area contributed by atoms with Gasteiger partial charge in [0.25, 0.3) is 0 Å². The third-order valence-corrected chi connectivity index (χ3v) is 4.14. The highest BCUT2D eigenvalue weighted by atomic mass is 32.2. The van der Waals surface area contributed by atoms with Crippen molar-refractivity contribution in [1.82, 2.24) is 29.7 Å². The molecule has 1 aromatic carbocycles. The summed E-state index contributed by atoms with van der Waals surface area (Å²) in [4.78, 5) is 11.8. The molecular formula is C15H15FN8S. The number of anilines is 2. The van der Waals surface area contributed by atoms with E-state index in [1.165, 1.54) is 23.9 Å². The van der Waals surface area contributed by atoms with Gasteiger partial charge in [-0.2, -0.15) is 15.0 Å². The number of nitrogen functional groups attached to an aromatic ring is 2. The first-order chi connectivity index (χ1) is 12.1. The molecule has 3 rings (SSSR count). The molecule has 0 saturated heterocycles. The Kier molecular flexibility index (Phi) is 4.89. The second-order valence-electron chi connectivity index (χ2n) is 4.97. The zero-order valence-corrected chi connectivity index (χ0v) is 13.9. The van der Waals surface area contributed by atoms with Crippen LogP contribution < -0.4 is 11.5 Å². The number of nitrogens with two attached hydrogens (primary N) is 2. The van der Waals surface area contributed by atoms with Crippen molar-refractivity contribution in [3.05, 3.63) is 48.6 Å². The van der Waals surface area contributed by atoms with Crippen LogP contribution in [0.15, 0.2) is 42.1 Å². The minimum Gasteiger partial charge on any atom is -0.368 e. The van der Waals surface area contributed by atoms with Gasteiger partial charge in [-0.05, 0) is 24.3 Å². The van der Waals surface area contributed by atoms with Crippen LogP contribution in [0.1, 0.15) is 5.82 Å². The number of halogens is 1. The van der Waals surface area contributed by atoms with E-state index in [1.807, 2.05) is 4.57 Å². The van der Waals surface area contributed by atoms with Crippen molar-refractivity contribution in [2.75, 3.05) is 11.5 Å². The second kappa shape index (κ2) is 7.26. The smallest absolute Gasteiger partial charge is 0.225 e. The van der Waals surface area contributed by atoms with Crippen LogP contribution >= 0.6 is 11.8 Å². The summed E-state index contributed by atoms with van der Waals surface area (Å²) in [6.45, 7) is 4.26. The summed E-state index contributed by atoms with van der Waals surface area (Å²) in [6, 6.07) is 6.07. The molecule has 0 atom stereocenters. The number of benzene rings is 1. The van der Waals surface area contributed by atoms with Gasteiger partial charge in [0.2, 0.25) is 11.9 Å². The molecular weight excluding hydrogens is 343 g/mol. The molecule has 0 fully saturated rings. The van der Waals surface area contributed by atoms with E-state index in [-0.39, 0.29) is 17.7 Å². The average molecular weight is 358 g/mol. The van der Waals surface area contributed by atoms with Crippen molar-refractivity contribution >= 4 is 23.7 Å². The summed E-state index contributed by atoms with van der Waals surface area (Å²) in [5.41, 5.74) is 11.9. The van der Waals surface area contributed by atoms with Gasteiger partial charge in [-0.1, -0.05) is 17.8 Å². The van der Waals surface area contributed by atoms with Crippen molar-refractivity contribution in [2.24, 2.45) is 0 Å². The van der Waals surface area contributed by atoms with Gasteiger partial charge in [0.15, 0.2) is 11.0 Å². The molecule has 128 valence electrons. The van der Waals surface area contributed by atoms with E-state index in [0.717, 1.165) is 5.56 Å². The maximum absolute atomic E-state index is 13.1. The summed E-state index contributed by atoms with van der Waals surface area (Å²) in [5.74, 6) is 1.31. The SMILES string of the molecule is C=CCn1c(SCc2nc(N)nc(N)n2)nnc1-c1ccc(F)cc1. The van der Waals surface area contributed by atoms with Gasteiger partial charge < -0.3 is 11.5 Å². The minimum atomic E-state index is -0.307. The molecule has 0 spiro atoms. The monoisotopic (exact) mass is 358 g/mol. The van der Waals surface area contributed by atoms with E-state index in [0.29, 0.717) is 29.1 Å². The predicted octanol–water partition coefficient (Wildman–Crippen LogP) is 1.91. The van der Waals surface area contributed by atoms with Crippen LogP contribution in [-0.4, -0.2) is 29.7 Å². The number of allylic oxidation sites excluding steroid dienone is 1. The van der Waals surface area contributed by atoms with Crippen molar-refractivity contribution in [3.63, 3.8) is 0 Å². The topological polar surface area (TPSA) is 121 Å². The van der Waals surface area contributed by atoms with Crippen LogP contribution in [0.25, 0.3) is 11.4 Å². The van der Waals surface area contributed by atoms with Crippen LogP contribution in [0.3, 0.4) is 0 Å². The standard InChI is InChI=1S/C15H15FN8S/c1-2-7-24-12(9-3-5-10(16)6-4-9)22-23-15(24)25-8-11-19-13(17)21-14(18)20-11/h2-6H,1,7-8H2,(H4,17,18,19,20,21). The van der Waals surface area contributed by atoms with Gasteiger partial charge in [0.05, 0.1) is 5.75 Å². The lowest BCUT2D eigenvalue weighted by Gasteiger charge is -2.07. The van der Waals surface area contributed by atoms with Crippen molar-refractivity contribution in [3.8, 4) is 11.4 Å². The van der Waals surface area contributed by atoms with Crippen molar-refractivity contribution in [2.45, 2.75) is 17.5 Å². The summed E-state index contributed by atoms with van der Waals surface area (Å²) in [5, 5.41) is 9.05. The molecule has 10 heteroatoms. The molecule has 0 aliphatic carbocycles. The number of thioether (sulfide) groups is 1. The van der Waals surface area contributed by atoms with E-state index in [9.17, 15) is 4.39 Å². The van der Waals surface area contributed by atoms with Crippen molar-refractivity contribution in [1.29, 1.82) is 0 Å². The highest BCUT2D eigenvalue weighted by molar-refractivity contribution is 7.98. The Morgan fingerprint density at radius 3 is 2.40 bits per heavy atom. The molecule has 2 heterocycles. The van der Waals surface area contributed by atoms with Crippen molar-refractivity contribution < 1.29 is 4.39 Å². The first-order valence-corrected chi connectivity index (χ1v) is 8.24. The van der Waals surface area contributed by atoms with Gasteiger partial charge in [-0.15, -0.1) is 16.8 Å². The van der Waals surface area contributed by atoms with Crippen LogP contribution in [0.4, 0.5) is 16.3 Å². The summed E-state index contributed by atoms with van der Waals surface area (Å²) in [6.07, 6.45) is 1.74. The molecule has 2 aromatic heterocycles. The lowest BCUT2D eigenvalue weighted by molar-refractivity contribution is 0.628.